The largest absolute Gasteiger partial charge is 0.378 e. The number of hydrogen-bond acceptors (Lipinski definition) is 7. The van der Waals surface area contributed by atoms with E-state index in [1.54, 1.807) is 11.6 Å². The number of alkyl halides is 1. The summed E-state index contributed by atoms with van der Waals surface area (Å²) in [5.41, 5.74) is 1.05. The fourth-order valence-electron chi connectivity index (χ4n) is 3.06. The smallest absolute Gasteiger partial charge is 0.225 e. The Bertz CT molecular complexity index is 1090. The standard InChI is InChI=1S/C18H16ClF2N7O/c1-28-16-14(7-23-17(27-16)24-13-2-3-29-8-12(13)21)25-18(28)26-15-10(19)4-9(6-22)5-11(15)20/h4-5,7,12-13H,2-3,8H2,1H3,(H,25,26)(H,23,24,27)/t12-,13+/m1/s1. The van der Waals surface area contributed by atoms with Crippen molar-refractivity contribution in [2.75, 3.05) is 23.8 Å². The van der Waals surface area contributed by atoms with E-state index in [0.717, 1.165) is 6.07 Å². The Morgan fingerprint density at radius 2 is 2.21 bits per heavy atom. The van der Waals surface area contributed by atoms with Crippen LogP contribution in [-0.4, -0.2) is 44.9 Å². The summed E-state index contributed by atoms with van der Waals surface area (Å²) >= 11 is 6.09. The van der Waals surface area contributed by atoms with Gasteiger partial charge in [-0.05, 0) is 18.6 Å². The number of aryl methyl sites for hydroxylation is 1. The number of halogens is 3. The molecule has 29 heavy (non-hydrogen) atoms. The third-order valence-corrected chi connectivity index (χ3v) is 4.92. The maximum absolute atomic E-state index is 14.3. The van der Waals surface area contributed by atoms with Crippen LogP contribution in [0.15, 0.2) is 18.3 Å². The van der Waals surface area contributed by atoms with Crippen LogP contribution in [0.2, 0.25) is 5.02 Å². The molecule has 0 amide bonds. The molecule has 8 nitrogen and oxygen atoms in total. The molecule has 1 saturated heterocycles. The minimum absolute atomic E-state index is 0.00198. The molecule has 3 heterocycles. The third kappa shape index (κ3) is 3.79. The van der Waals surface area contributed by atoms with E-state index >= 15 is 0 Å². The molecule has 4 rings (SSSR count). The van der Waals surface area contributed by atoms with Crippen LogP contribution >= 0.6 is 11.6 Å². The highest BCUT2D eigenvalue weighted by Crippen LogP contribution is 2.30. The van der Waals surface area contributed by atoms with Gasteiger partial charge in [0.2, 0.25) is 11.9 Å². The van der Waals surface area contributed by atoms with Crippen LogP contribution in [-0.2, 0) is 11.8 Å². The van der Waals surface area contributed by atoms with E-state index in [9.17, 15) is 8.78 Å². The maximum Gasteiger partial charge on any atom is 0.225 e. The number of nitriles is 1. The first-order valence-electron chi connectivity index (χ1n) is 8.80. The number of anilines is 3. The summed E-state index contributed by atoms with van der Waals surface area (Å²) in [6, 6.07) is 3.85. The van der Waals surface area contributed by atoms with Crippen LogP contribution in [0.1, 0.15) is 12.0 Å². The fraction of sp³-hybridized carbons (Fsp3) is 0.333. The zero-order valence-corrected chi connectivity index (χ0v) is 16.0. The molecular weight excluding hydrogens is 404 g/mol. The van der Waals surface area contributed by atoms with Crippen molar-refractivity contribution in [3.8, 4) is 6.07 Å². The van der Waals surface area contributed by atoms with E-state index in [1.165, 1.54) is 12.3 Å². The van der Waals surface area contributed by atoms with E-state index in [4.69, 9.17) is 21.6 Å². The van der Waals surface area contributed by atoms with Gasteiger partial charge in [0, 0.05) is 13.7 Å². The monoisotopic (exact) mass is 419 g/mol. The average Bonchev–Trinajstić information content (AvgIpc) is 3.01. The second-order valence-electron chi connectivity index (χ2n) is 6.58. The van der Waals surface area contributed by atoms with Crippen molar-refractivity contribution in [1.29, 1.82) is 5.26 Å². The number of fused-ring (bicyclic) bond motifs is 1. The van der Waals surface area contributed by atoms with Gasteiger partial charge in [0.1, 0.15) is 17.5 Å². The first kappa shape index (κ1) is 19.3. The van der Waals surface area contributed by atoms with E-state index in [2.05, 4.69) is 25.6 Å². The van der Waals surface area contributed by atoms with Crippen LogP contribution in [0.5, 0.6) is 0 Å². The van der Waals surface area contributed by atoms with Crippen molar-refractivity contribution in [1.82, 2.24) is 19.5 Å². The molecule has 150 valence electrons. The van der Waals surface area contributed by atoms with Gasteiger partial charge in [-0.2, -0.15) is 10.2 Å². The molecule has 3 aromatic rings. The van der Waals surface area contributed by atoms with Crippen LogP contribution in [0.4, 0.5) is 26.4 Å². The van der Waals surface area contributed by atoms with Gasteiger partial charge in [-0.25, -0.2) is 18.7 Å². The summed E-state index contributed by atoms with van der Waals surface area (Å²) in [4.78, 5) is 12.9. The van der Waals surface area contributed by atoms with E-state index in [1.807, 2.05) is 6.07 Å². The molecule has 0 unspecified atom stereocenters. The van der Waals surface area contributed by atoms with Gasteiger partial charge in [0.25, 0.3) is 0 Å². The molecule has 11 heteroatoms. The predicted molar refractivity (Wildman–Crippen MR) is 103 cm³/mol. The topological polar surface area (TPSA) is 101 Å². The van der Waals surface area contributed by atoms with E-state index < -0.39 is 18.0 Å². The molecule has 0 radical (unpaired) electrons. The summed E-state index contributed by atoms with van der Waals surface area (Å²) in [6.07, 6.45) is 0.865. The Balaban J connectivity index is 1.62. The average molecular weight is 420 g/mol. The second-order valence-corrected chi connectivity index (χ2v) is 6.99. The number of rotatable bonds is 4. The summed E-state index contributed by atoms with van der Waals surface area (Å²) in [6.45, 7) is 0.508. The lowest BCUT2D eigenvalue weighted by molar-refractivity contribution is 0.0284. The van der Waals surface area contributed by atoms with Gasteiger partial charge in [-0.1, -0.05) is 11.6 Å². The number of nitrogens with one attached hydrogen (secondary N) is 2. The van der Waals surface area contributed by atoms with Gasteiger partial charge in [-0.3, -0.25) is 4.57 Å². The lowest BCUT2D eigenvalue weighted by Gasteiger charge is -2.26. The molecule has 1 aliphatic heterocycles. The van der Waals surface area contributed by atoms with Crippen molar-refractivity contribution >= 4 is 40.3 Å². The Morgan fingerprint density at radius 3 is 2.93 bits per heavy atom. The number of imidazole rings is 1. The second kappa shape index (κ2) is 7.77. The van der Waals surface area contributed by atoms with Crippen molar-refractivity contribution in [2.24, 2.45) is 7.05 Å². The Morgan fingerprint density at radius 1 is 1.38 bits per heavy atom. The molecule has 0 bridgehead atoms. The van der Waals surface area contributed by atoms with Gasteiger partial charge in [0.15, 0.2) is 5.65 Å². The van der Waals surface area contributed by atoms with Crippen molar-refractivity contribution in [3.05, 3.63) is 34.7 Å². The highest BCUT2D eigenvalue weighted by Gasteiger charge is 2.26. The van der Waals surface area contributed by atoms with Gasteiger partial charge in [0.05, 0.1) is 41.2 Å². The summed E-state index contributed by atoms with van der Waals surface area (Å²) in [5.74, 6) is -0.126. The van der Waals surface area contributed by atoms with E-state index in [0.29, 0.717) is 24.2 Å². The molecular formula is C18H16ClF2N7O. The van der Waals surface area contributed by atoms with Crippen LogP contribution < -0.4 is 10.6 Å². The van der Waals surface area contributed by atoms with Gasteiger partial charge in [-0.15, -0.1) is 0 Å². The molecule has 2 atom stereocenters. The maximum atomic E-state index is 14.3. The van der Waals surface area contributed by atoms with Crippen molar-refractivity contribution < 1.29 is 13.5 Å². The Kier molecular flexibility index (Phi) is 5.17. The quantitative estimate of drug-likeness (QED) is 0.669. The minimum atomic E-state index is -1.15. The first-order chi connectivity index (χ1) is 14.0. The molecule has 0 saturated carbocycles. The molecule has 1 fully saturated rings. The zero-order valence-electron chi connectivity index (χ0n) is 15.3. The molecule has 0 aliphatic carbocycles. The number of nitrogens with zero attached hydrogens (tertiary/aromatic N) is 5. The van der Waals surface area contributed by atoms with Crippen molar-refractivity contribution in [2.45, 2.75) is 18.6 Å². The highest BCUT2D eigenvalue weighted by molar-refractivity contribution is 6.33. The molecule has 2 aromatic heterocycles. The van der Waals surface area contributed by atoms with Crippen LogP contribution in [0.25, 0.3) is 11.2 Å². The number of aromatic nitrogens is 4. The number of benzene rings is 1. The molecule has 0 spiro atoms. The molecule has 2 N–H and O–H groups in total. The van der Waals surface area contributed by atoms with Crippen LogP contribution in [0.3, 0.4) is 0 Å². The fourth-order valence-corrected chi connectivity index (χ4v) is 3.32. The summed E-state index contributed by atoms with van der Waals surface area (Å²) < 4.78 is 35.0. The summed E-state index contributed by atoms with van der Waals surface area (Å²) in [5, 5.41) is 14.8. The van der Waals surface area contributed by atoms with Crippen molar-refractivity contribution in [3.63, 3.8) is 0 Å². The number of ether oxygens (including phenoxy) is 1. The van der Waals surface area contributed by atoms with E-state index in [-0.39, 0.29) is 34.8 Å². The summed E-state index contributed by atoms with van der Waals surface area (Å²) in [7, 11) is 1.69. The number of hydrogen-bond donors (Lipinski definition) is 2. The predicted octanol–water partition coefficient (Wildman–Crippen LogP) is 3.31. The van der Waals surface area contributed by atoms with Gasteiger partial charge < -0.3 is 15.4 Å². The normalized spacial score (nSPS) is 19.1. The lowest BCUT2D eigenvalue weighted by atomic mass is 10.1. The lowest BCUT2D eigenvalue weighted by Crippen LogP contribution is -2.39. The zero-order chi connectivity index (χ0) is 20.5. The molecule has 1 aromatic carbocycles. The highest BCUT2D eigenvalue weighted by atomic mass is 35.5. The third-order valence-electron chi connectivity index (χ3n) is 4.62. The minimum Gasteiger partial charge on any atom is -0.378 e. The Labute approximate surface area is 169 Å². The Hall–Kier alpha value is -3.03. The molecule has 1 aliphatic rings. The van der Waals surface area contributed by atoms with Crippen LogP contribution in [0, 0.1) is 17.1 Å². The SMILES string of the molecule is Cn1c(Nc2c(F)cc(C#N)cc2Cl)nc2cnc(N[C@H]3CCOC[C@H]3F)nc21. The first-order valence-corrected chi connectivity index (χ1v) is 9.18. The van der Waals surface area contributed by atoms with Gasteiger partial charge >= 0.3 is 0 Å².